The zero-order valence-electron chi connectivity index (χ0n) is 11.6. The first-order chi connectivity index (χ1) is 9.84. The Morgan fingerprint density at radius 2 is 2.25 bits per heavy atom. The van der Waals surface area contributed by atoms with Gasteiger partial charge in [0.1, 0.15) is 12.4 Å². The SMILES string of the molecule is O=C(/C=C/COc1ccccc1)NCC1CCCOC1. The summed E-state index contributed by atoms with van der Waals surface area (Å²) >= 11 is 0. The third-order valence-electron chi connectivity index (χ3n) is 3.18. The number of nitrogens with one attached hydrogen (secondary N) is 1. The number of hydrogen-bond donors (Lipinski definition) is 1. The normalized spacial score (nSPS) is 18.9. The molecule has 108 valence electrons. The highest BCUT2D eigenvalue weighted by Gasteiger charge is 2.13. The second-order valence-electron chi connectivity index (χ2n) is 4.85. The molecule has 0 spiro atoms. The van der Waals surface area contributed by atoms with Gasteiger partial charge in [-0.05, 0) is 37.0 Å². The van der Waals surface area contributed by atoms with E-state index in [4.69, 9.17) is 9.47 Å². The summed E-state index contributed by atoms with van der Waals surface area (Å²) in [6, 6.07) is 9.54. The summed E-state index contributed by atoms with van der Waals surface area (Å²) in [4.78, 5) is 11.6. The molecule has 1 aromatic carbocycles. The first-order valence-electron chi connectivity index (χ1n) is 7.04. The monoisotopic (exact) mass is 275 g/mol. The smallest absolute Gasteiger partial charge is 0.243 e. The molecule has 0 saturated carbocycles. The second kappa shape index (κ2) is 8.38. The van der Waals surface area contributed by atoms with Crippen LogP contribution in [0.1, 0.15) is 12.8 Å². The zero-order chi connectivity index (χ0) is 14.0. The molecule has 4 nitrogen and oxygen atoms in total. The largest absolute Gasteiger partial charge is 0.490 e. The number of benzene rings is 1. The molecule has 1 saturated heterocycles. The van der Waals surface area contributed by atoms with Crippen LogP contribution in [-0.2, 0) is 9.53 Å². The molecule has 1 aromatic rings. The number of rotatable bonds is 6. The van der Waals surface area contributed by atoms with E-state index < -0.39 is 0 Å². The van der Waals surface area contributed by atoms with E-state index in [0.717, 1.165) is 31.8 Å². The lowest BCUT2D eigenvalue weighted by Crippen LogP contribution is -2.32. The molecule has 0 aliphatic carbocycles. The Kier molecular flexibility index (Phi) is 6.11. The highest BCUT2D eigenvalue weighted by molar-refractivity contribution is 5.87. The Bertz CT molecular complexity index is 425. The highest BCUT2D eigenvalue weighted by Crippen LogP contribution is 2.12. The number of para-hydroxylation sites is 1. The van der Waals surface area contributed by atoms with Gasteiger partial charge in [0.25, 0.3) is 0 Å². The Hall–Kier alpha value is -1.81. The quantitative estimate of drug-likeness (QED) is 0.809. The first kappa shape index (κ1) is 14.6. The minimum Gasteiger partial charge on any atom is -0.490 e. The summed E-state index contributed by atoms with van der Waals surface area (Å²) in [5.41, 5.74) is 0. The summed E-state index contributed by atoms with van der Waals surface area (Å²) in [5.74, 6) is 1.17. The topological polar surface area (TPSA) is 47.6 Å². The van der Waals surface area contributed by atoms with Crippen molar-refractivity contribution in [3.63, 3.8) is 0 Å². The third kappa shape index (κ3) is 5.45. The van der Waals surface area contributed by atoms with Gasteiger partial charge < -0.3 is 14.8 Å². The van der Waals surface area contributed by atoms with E-state index in [0.29, 0.717) is 19.1 Å². The van der Waals surface area contributed by atoms with Gasteiger partial charge in [-0.3, -0.25) is 4.79 Å². The van der Waals surface area contributed by atoms with Crippen LogP contribution in [0.3, 0.4) is 0 Å². The van der Waals surface area contributed by atoms with Gasteiger partial charge in [-0.1, -0.05) is 18.2 Å². The molecule has 1 fully saturated rings. The van der Waals surface area contributed by atoms with Crippen molar-refractivity contribution in [3.05, 3.63) is 42.5 Å². The van der Waals surface area contributed by atoms with Gasteiger partial charge in [-0.15, -0.1) is 0 Å². The molecular weight excluding hydrogens is 254 g/mol. The molecular formula is C16H21NO3. The Morgan fingerprint density at radius 1 is 1.40 bits per heavy atom. The van der Waals surface area contributed by atoms with E-state index >= 15 is 0 Å². The molecule has 4 heteroatoms. The standard InChI is InChI=1S/C16H21NO3/c18-16(17-12-14-6-4-10-19-13-14)9-5-11-20-15-7-2-1-3-8-15/h1-3,5,7-9,14H,4,6,10-13H2,(H,17,18)/b9-5+. The fraction of sp³-hybridized carbons (Fsp3) is 0.438. The zero-order valence-corrected chi connectivity index (χ0v) is 11.6. The van der Waals surface area contributed by atoms with Crippen LogP contribution in [0.5, 0.6) is 5.75 Å². The molecule has 1 amide bonds. The fourth-order valence-corrected chi connectivity index (χ4v) is 2.09. The maximum absolute atomic E-state index is 11.6. The van der Waals surface area contributed by atoms with Gasteiger partial charge >= 0.3 is 0 Å². The van der Waals surface area contributed by atoms with Crippen LogP contribution in [0, 0.1) is 5.92 Å². The van der Waals surface area contributed by atoms with Crippen LogP contribution in [-0.4, -0.2) is 32.3 Å². The summed E-state index contributed by atoms with van der Waals surface area (Å²) in [5, 5.41) is 2.89. The lowest BCUT2D eigenvalue weighted by Gasteiger charge is -2.21. The molecule has 20 heavy (non-hydrogen) atoms. The Morgan fingerprint density at radius 3 is 3.00 bits per heavy atom. The van der Waals surface area contributed by atoms with E-state index in [-0.39, 0.29) is 5.91 Å². The number of carbonyl (C=O) groups excluding carboxylic acids is 1. The van der Waals surface area contributed by atoms with E-state index in [2.05, 4.69) is 5.32 Å². The fourth-order valence-electron chi connectivity index (χ4n) is 2.09. The summed E-state index contributed by atoms with van der Waals surface area (Å²) in [6.45, 7) is 2.68. The van der Waals surface area contributed by atoms with Gasteiger partial charge in [0.15, 0.2) is 0 Å². The number of amides is 1. The van der Waals surface area contributed by atoms with Crippen LogP contribution in [0.2, 0.25) is 0 Å². The second-order valence-corrected chi connectivity index (χ2v) is 4.85. The lowest BCUT2D eigenvalue weighted by molar-refractivity contribution is -0.116. The van der Waals surface area contributed by atoms with E-state index in [1.165, 1.54) is 6.08 Å². The van der Waals surface area contributed by atoms with Crippen LogP contribution < -0.4 is 10.1 Å². The van der Waals surface area contributed by atoms with Crippen molar-refractivity contribution in [2.75, 3.05) is 26.4 Å². The predicted octanol–water partition coefficient (Wildman–Crippen LogP) is 2.16. The highest BCUT2D eigenvalue weighted by atomic mass is 16.5. The molecule has 1 heterocycles. The van der Waals surface area contributed by atoms with Gasteiger partial charge in [0.05, 0.1) is 6.61 Å². The van der Waals surface area contributed by atoms with Crippen LogP contribution in [0.15, 0.2) is 42.5 Å². The van der Waals surface area contributed by atoms with E-state index in [1.54, 1.807) is 6.08 Å². The van der Waals surface area contributed by atoms with Crippen LogP contribution in [0.4, 0.5) is 0 Å². The molecule has 1 aliphatic rings. The van der Waals surface area contributed by atoms with Crippen molar-refractivity contribution in [2.45, 2.75) is 12.8 Å². The predicted molar refractivity (Wildman–Crippen MR) is 77.6 cm³/mol. The van der Waals surface area contributed by atoms with Gasteiger partial charge in [-0.2, -0.15) is 0 Å². The van der Waals surface area contributed by atoms with Crippen molar-refractivity contribution in [1.82, 2.24) is 5.32 Å². The molecule has 2 rings (SSSR count). The molecule has 1 aliphatic heterocycles. The van der Waals surface area contributed by atoms with Crippen molar-refractivity contribution in [1.29, 1.82) is 0 Å². The van der Waals surface area contributed by atoms with Crippen LogP contribution >= 0.6 is 0 Å². The van der Waals surface area contributed by atoms with Crippen molar-refractivity contribution >= 4 is 5.91 Å². The minimum atomic E-state index is -0.0766. The maximum atomic E-state index is 11.6. The molecule has 1 unspecified atom stereocenters. The average molecular weight is 275 g/mol. The third-order valence-corrected chi connectivity index (χ3v) is 3.18. The van der Waals surface area contributed by atoms with Gasteiger partial charge in [-0.25, -0.2) is 0 Å². The minimum absolute atomic E-state index is 0.0766. The maximum Gasteiger partial charge on any atom is 0.243 e. The first-order valence-corrected chi connectivity index (χ1v) is 7.04. The number of ether oxygens (including phenoxy) is 2. The van der Waals surface area contributed by atoms with E-state index in [1.807, 2.05) is 30.3 Å². The van der Waals surface area contributed by atoms with Crippen molar-refractivity contribution in [2.24, 2.45) is 5.92 Å². The number of hydrogen-bond acceptors (Lipinski definition) is 3. The van der Waals surface area contributed by atoms with Gasteiger partial charge in [0.2, 0.25) is 5.91 Å². The summed E-state index contributed by atoms with van der Waals surface area (Å²) in [6.07, 6.45) is 5.45. The van der Waals surface area contributed by atoms with Crippen molar-refractivity contribution < 1.29 is 14.3 Å². The Labute approximate surface area is 119 Å². The average Bonchev–Trinajstić information content (AvgIpc) is 2.52. The molecule has 0 radical (unpaired) electrons. The lowest BCUT2D eigenvalue weighted by atomic mass is 10.0. The Balaban J connectivity index is 1.60. The molecule has 0 aromatic heterocycles. The summed E-state index contributed by atoms with van der Waals surface area (Å²) < 4.78 is 10.8. The van der Waals surface area contributed by atoms with Crippen molar-refractivity contribution in [3.8, 4) is 5.75 Å². The summed E-state index contributed by atoms with van der Waals surface area (Å²) in [7, 11) is 0. The molecule has 1 N–H and O–H groups in total. The molecule has 0 bridgehead atoms. The number of carbonyl (C=O) groups is 1. The van der Waals surface area contributed by atoms with E-state index in [9.17, 15) is 4.79 Å². The molecule has 1 atom stereocenters. The van der Waals surface area contributed by atoms with Gasteiger partial charge in [0, 0.05) is 19.2 Å². The van der Waals surface area contributed by atoms with Crippen LogP contribution in [0.25, 0.3) is 0 Å².